The van der Waals surface area contributed by atoms with E-state index in [9.17, 15) is 4.79 Å². The fraction of sp³-hybridized carbons (Fsp3) is 0.588. The Morgan fingerprint density at radius 3 is 2.87 bits per heavy atom. The van der Waals surface area contributed by atoms with E-state index in [1.165, 1.54) is 0 Å². The zero-order valence-electron chi connectivity index (χ0n) is 13.8. The van der Waals surface area contributed by atoms with Gasteiger partial charge in [-0.1, -0.05) is 26.0 Å². The monoisotopic (exact) mass is 342 g/mol. The van der Waals surface area contributed by atoms with Crippen molar-refractivity contribution >= 4 is 18.3 Å². The highest BCUT2D eigenvalue weighted by Crippen LogP contribution is 2.19. The van der Waals surface area contributed by atoms with Crippen LogP contribution in [0.25, 0.3) is 0 Å². The zero-order valence-corrected chi connectivity index (χ0v) is 14.6. The van der Waals surface area contributed by atoms with E-state index in [0.29, 0.717) is 25.6 Å². The van der Waals surface area contributed by atoms with Gasteiger partial charge in [-0.25, -0.2) is 0 Å². The van der Waals surface area contributed by atoms with Crippen molar-refractivity contribution in [1.29, 1.82) is 0 Å². The predicted molar refractivity (Wildman–Crippen MR) is 92.8 cm³/mol. The van der Waals surface area contributed by atoms with Gasteiger partial charge in [0, 0.05) is 13.1 Å². The Morgan fingerprint density at radius 1 is 1.43 bits per heavy atom. The average molecular weight is 343 g/mol. The van der Waals surface area contributed by atoms with Gasteiger partial charge in [0.2, 0.25) is 5.91 Å². The summed E-state index contributed by atoms with van der Waals surface area (Å²) in [4.78, 5) is 12.1. The molecule has 0 aliphatic carbocycles. The molecule has 1 aromatic carbocycles. The molecule has 1 fully saturated rings. The Kier molecular flexibility index (Phi) is 8.37. The van der Waals surface area contributed by atoms with Gasteiger partial charge in [0.25, 0.3) is 0 Å². The van der Waals surface area contributed by atoms with Crippen LogP contribution in [-0.4, -0.2) is 31.3 Å². The Hall–Kier alpha value is -1.30. The van der Waals surface area contributed by atoms with E-state index in [1.54, 1.807) is 0 Å². The zero-order chi connectivity index (χ0) is 15.9. The van der Waals surface area contributed by atoms with Crippen LogP contribution in [0.1, 0.15) is 32.3 Å². The number of halogens is 1. The van der Waals surface area contributed by atoms with Gasteiger partial charge in [0.1, 0.15) is 11.9 Å². The van der Waals surface area contributed by atoms with Crippen LogP contribution < -0.4 is 15.8 Å². The molecular formula is C17H27ClN2O3. The number of amides is 1. The van der Waals surface area contributed by atoms with Crippen molar-refractivity contribution < 1.29 is 14.3 Å². The van der Waals surface area contributed by atoms with Crippen molar-refractivity contribution in [2.75, 3.05) is 13.2 Å². The highest BCUT2D eigenvalue weighted by molar-refractivity contribution is 5.85. The maximum absolute atomic E-state index is 12.1. The van der Waals surface area contributed by atoms with Gasteiger partial charge < -0.3 is 20.5 Å². The van der Waals surface area contributed by atoms with Crippen molar-refractivity contribution in [3.05, 3.63) is 29.8 Å². The summed E-state index contributed by atoms with van der Waals surface area (Å²) >= 11 is 0. The first-order valence-electron chi connectivity index (χ1n) is 7.93. The minimum Gasteiger partial charge on any atom is -0.493 e. The Morgan fingerprint density at radius 2 is 2.22 bits per heavy atom. The van der Waals surface area contributed by atoms with Crippen LogP contribution in [0, 0.1) is 5.92 Å². The van der Waals surface area contributed by atoms with E-state index in [1.807, 2.05) is 24.3 Å². The molecule has 1 aliphatic rings. The first-order chi connectivity index (χ1) is 10.6. The topological polar surface area (TPSA) is 73.6 Å². The molecular weight excluding hydrogens is 316 g/mol. The van der Waals surface area contributed by atoms with Gasteiger partial charge in [0.15, 0.2) is 0 Å². The summed E-state index contributed by atoms with van der Waals surface area (Å²) in [5, 5.41) is 2.92. The van der Waals surface area contributed by atoms with Gasteiger partial charge in [-0.3, -0.25) is 4.79 Å². The number of hydrogen-bond donors (Lipinski definition) is 2. The van der Waals surface area contributed by atoms with Gasteiger partial charge in [-0.15, -0.1) is 12.4 Å². The van der Waals surface area contributed by atoms with Gasteiger partial charge in [-0.05, 0) is 36.5 Å². The third-order valence-corrected chi connectivity index (χ3v) is 3.61. The fourth-order valence-corrected chi connectivity index (χ4v) is 2.38. The highest BCUT2D eigenvalue weighted by atomic mass is 35.5. The van der Waals surface area contributed by atoms with Crippen LogP contribution in [0.15, 0.2) is 24.3 Å². The van der Waals surface area contributed by atoms with E-state index >= 15 is 0 Å². The molecule has 2 rings (SSSR count). The van der Waals surface area contributed by atoms with Crippen molar-refractivity contribution in [2.24, 2.45) is 11.7 Å². The summed E-state index contributed by atoms with van der Waals surface area (Å²) in [6.45, 7) is 5.86. The lowest BCUT2D eigenvalue weighted by molar-refractivity contribution is -0.132. The van der Waals surface area contributed by atoms with E-state index in [4.69, 9.17) is 15.2 Å². The van der Waals surface area contributed by atoms with E-state index in [-0.39, 0.29) is 30.5 Å². The second-order valence-electron chi connectivity index (χ2n) is 6.13. The molecule has 0 bridgehead atoms. The van der Waals surface area contributed by atoms with Crippen LogP contribution in [0.5, 0.6) is 5.75 Å². The molecule has 2 atom stereocenters. The van der Waals surface area contributed by atoms with Crippen molar-refractivity contribution in [1.82, 2.24) is 5.32 Å². The maximum atomic E-state index is 12.1. The molecule has 0 radical (unpaired) electrons. The number of hydrogen-bond acceptors (Lipinski definition) is 4. The lowest BCUT2D eigenvalue weighted by Crippen LogP contribution is -2.35. The summed E-state index contributed by atoms with van der Waals surface area (Å²) in [7, 11) is 0. The molecule has 23 heavy (non-hydrogen) atoms. The van der Waals surface area contributed by atoms with E-state index in [2.05, 4.69) is 19.2 Å². The first kappa shape index (κ1) is 19.7. The fourth-order valence-electron chi connectivity index (χ4n) is 2.38. The Balaban J connectivity index is 0.00000264. The third kappa shape index (κ3) is 6.37. The van der Waals surface area contributed by atoms with Crippen LogP contribution in [-0.2, 0) is 16.1 Å². The molecule has 130 valence electrons. The number of ether oxygens (including phenoxy) is 2. The Bertz CT molecular complexity index is 496. The average Bonchev–Trinajstić information content (AvgIpc) is 3.00. The van der Waals surface area contributed by atoms with Crippen LogP contribution in [0.4, 0.5) is 0 Å². The van der Waals surface area contributed by atoms with Crippen LogP contribution in [0.2, 0.25) is 0 Å². The van der Waals surface area contributed by atoms with Crippen LogP contribution in [0.3, 0.4) is 0 Å². The number of nitrogens with one attached hydrogen (secondary N) is 1. The number of nitrogens with two attached hydrogens (primary N) is 1. The summed E-state index contributed by atoms with van der Waals surface area (Å²) in [5.41, 5.74) is 6.57. The van der Waals surface area contributed by atoms with Gasteiger partial charge in [-0.2, -0.15) is 0 Å². The SMILES string of the molecule is CC(C)COc1cccc(CNC(=O)[C@@H]2CC[C@H](CN)O2)c1.Cl. The summed E-state index contributed by atoms with van der Waals surface area (Å²) in [6.07, 6.45) is 1.25. The van der Waals surface area contributed by atoms with E-state index in [0.717, 1.165) is 24.2 Å². The van der Waals surface area contributed by atoms with Crippen molar-refractivity contribution in [3.63, 3.8) is 0 Å². The molecule has 1 aliphatic heterocycles. The molecule has 5 nitrogen and oxygen atoms in total. The first-order valence-corrected chi connectivity index (χ1v) is 7.93. The highest BCUT2D eigenvalue weighted by Gasteiger charge is 2.29. The van der Waals surface area contributed by atoms with Crippen LogP contribution >= 0.6 is 12.4 Å². The van der Waals surface area contributed by atoms with Gasteiger partial charge in [0.05, 0.1) is 12.7 Å². The number of carbonyl (C=O) groups is 1. The largest absolute Gasteiger partial charge is 0.493 e. The molecule has 0 unspecified atom stereocenters. The molecule has 0 spiro atoms. The minimum absolute atomic E-state index is 0. The molecule has 1 saturated heterocycles. The molecule has 0 aromatic heterocycles. The van der Waals surface area contributed by atoms with Crippen molar-refractivity contribution in [3.8, 4) is 5.75 Å². The normalized spacial score (nSPS) is 20.2. The standard InChI is InChI=1S/C17H26N2O3.ClH/c1-12(2)11-21-14-5-3-4-13(8-14)10-19-17(20)16-7-6-15(9-18)22-16;/h3-5,8,12,15-16H,6-7,9-11,18H2,1-2H3,(H,19,20);1H/t15-,16+;/m1./s1. The number of carbonyl (C=O) groups excluding carboxylic acids is 1. The molecule has 3 N–H and O–H groups in total. The predicted octanol–water partition coefficient (Wildman–Crippen LogP) is 2.27. The molecule has 6 heteroatoms. The second kappa shape index (κ2) is 9.75. The summed E-state index contributed by atoms with van der Waals surface area (Å²) in [5.74, 6) is 1.25. The van der Waals surface area contributed by atoms with Gasteiger partial charge >= 0.3 is 0 Å². The smallest absolute Gasteiger partial charge is 0.249 e. The molecule has 1 aromatic rings. The maximum Gasteiger partial charge on any atom is 0.249 e. The summed E-state index contributed by atoms with van der Waals surface area (Å²) in [6, 6.07) is 7.80. The molecule has 0 saturated carbocycles. The Labute approximate surface area is 144 Å². The summed E-state index contributed by atoms with van der Waals surface area (Å²) < 4.78 is 11.3. The minimum atomic E-state index is -0.367. The third-order valence-electron chi connectivity index (χ3n) is 3.61. The number of rotatable bonds is 7. The second-order valence-corrected chi connectivity index (χ2v) is 6.13. The van der Waals surface area contributed by atoms with Crippen molar-refractivity contribution in [2.45, 2.75) is 45.4 Å². The number of benzene rings is 1. The van der Waals surface area contributed by atoms with E-state index < -0.39 is 0 Å². The molecule has 1 heterocycles. The lowest BCUT2D eigenvalue weighted by atomic mass is 10.1. The quantitative estimate of drug-likeness (QED) is 0.797. The lowest BCUT2D eigenvalue weighted by Gasteiger charge is -2.13. The molecule has 1 amide bonds.